The van der Waals surface area contributed by atoms with E-state index in [1.165, 1.54) is 16.0 Å². The van der Waals surface area contributed by atoms with Crippen molar-refractivity contribution in [2.75, 3.05) is 14.1 Å². The van der Waals surface area contributed by atoms with E-state index in [9.17, 15) is 0 Å². The summed E-state index contributed by atoms with van der Waals surface area (Å²) in [5, 5.41) is 0.991. The van der Waals surface area contributed by atoms with Gasteiger partial charge in [0, 0.05) is 19.0 Å². The first-order chi connectivity index (χ1) is 9.56. The summed E-state index contributed by atoms with van der Waals surface area (Å²) >= 11 is 1.71. The van der Waals surface area contributed by atoms with Crippen LogP contribution in [0.2, 0.25) is 0 Å². The average molecular weight is 284 g/mol. The summed E-state index contributed by atoms with van der Waals surface area (Å²) in [4.78, 5) is 8.04. The molecule has 104 valence electrons. The number of thioether (sulfide) groups is 1. The Bertz CT molecular complexity index is 604. The third kappa shape index (κ3) is 3.87. The van der Waals surface area contributed by atoms with Crippen LogP contribution in [0.25, 0.3) is 0 Å². The molecule has 0 aliphatic heterocycles. The van der Waals surface area contributed by atoms with Gasteiger partial charge in [0.2, 0.25) is 0 Å². The van der Waals surface area contributed by atoms with Crippen molar-refractivity contribution in [3.05, 3.63) is 59.7 Å². The molecule has 0 N–H and O–H groups in total. The summed E-state index contributed by atoms with van der Waals surface area (Å²) in [6.45, 7) is 4.25. The largest absolute Gasteiger partial charge is 0.357 e. The minimum atomic E-state index is 0.981. The molecule has 0 aromatic heterocycles. The van der Waals surface area contributed by atoms with Crippen LogP contribution in [-0.2, 0) is 0 Å². The van der Waals surface area contributed by atoms with Crippen molar-refractivity contribution in [1.29, 1.82) is 0 Å². The van der Waals surface area contributed by atoms with Gasteiger partial charge in [0.05, 0.1) is 5.69 Å². The molecule has 2 nitrogen and oxygen atoms in total. The smallest absolute Gasteiger partial charge is 0.168 e. The lowest BCUT2D eigenvalue weighted by molar-refractivity contribution is 0.636. The van der Waals surface area contributed by atoms with Crippen molar-refractivity contribution in [3.63, 3.8) is 0 Å². The quantitative estimate of drug-likeness (QED) is 0.453. The molecule has 2 aromatic carbocycles. The maximum atomic E-state index is 4.73. The van der Waals surface area contributed by atoms with Crippen LogP contribution in [0.4, 0.5) is 5.69 Å². The Balaban J connectivity index is 2.31. The molecule has 2 aromatic rings. The van der Waals surface area contributed by atoms with Crippen LogP contribution in [0.5, 0.6) is 0 Å². The number of benzene rings is 2. The lowest BCUT2D eigenvalue weighted by Gasteiger charge is -2.16. The van der Waals surface area contributed by atoms with Gasteiger partial charge in [-0.3, -0.25) is 0 Å². The van der Waals surface area contributed by atoms with E-state index in [1.54, 1.807) is 11.8 Å². The number of hydrogen-bond acceptors (Lipinski definition) is 2. The Morgan fingerprint density at radius 1 is 1.00 bits per heavy atom. The van der Waals surface area contributed by atoms with Gasteiger partial charge in [-0.25, -0.2) is 4.99 Å². The number of amidine groups is 1. The zero-order valence-electron chi connectivity index (χ0n) is 12.4. The molecule has 0 saturated carbocycles. The highest BCUT2D eigenvalue weighted by atomic mass is 32.2. The average Bonchev–Trinajstić information content (AvgIpc) is 2.43. The van der Waals surface area contributed by atoms with E-state index in [0.29, 0.717) is 0 Å². The van der Waals surface area contributed by atoms with Crippen LogP contribution in [0.15, 0.2) is 58.4 Å². The van der Waals surface area contributed by atoms with Crippen LogP contribution < -0.4 is 0 Å². The highest BCUT2D eigenvalue weighted by molar-refractivity contribution is 8.13. The first-order valence-corrected chi connectivity index (χ1v) is 7.44. The summed E-state index contributed by atoms with van der Waals surface area (Å²) < 4.78 is 0. The summed E-state index contributed by atoms with van der Waals surface area (Å²) in [7, 11) is 4.06. The van der Waals surface area contributed by atoms with Crippen LogP contribution in [0.3, 0.4) is 0 Å². The van der Waals surface area contributed by atoms with Crippen LogP contribution in [-0.4, -0.2) is 24.2 Å². The molecule has 0 bridgehead atoms. The normalized spacial score (nSPS) is 11.5. The monoisotopic (exact) mass is 284 g/mol. The summed E-state index contributed by atoms with van der Waals surface area (Å²) in [6.07, 6.45) is 0. The van der Waals surface area contributed by atoms with Crippen molar-refractivity contribution in [1.82, 2.24) is 4.90 Å². The molecule has 0 aliphatic carbocycles. The van der Waals surface area contributed by atoms with Gasteiger partial charge in [-0.2, -0.15) is 0 Å². The molecule has 0 heterocycles. The van der Waals surface area contributed by atoms with Crippen LogP contribution >= 0.6 is 11.8 Å². The van der Waals surface area contributed by atoms with E-state index in [1.807, 2.05) is 44.4 Å². The number of aryl methyl sites for hydroxylation is 2. The summed E-state index contributed by atoms with van der Waals surface area (Å²) in [6, 6.07) is 16.6. The number of rotatable bonds is 2. The Morgan fingerprint density at radius 3 is 2.35 bits per heavy atom. The fourth-order valence-corrected chi connectivity index (χ4v) is 2.75. The third-order valence-electron chi connectivity index (χ3n) is 2.91. The first kappa shape index (κ1) is 14.7. The number of aliphatic imine (C=N–C) groups is 1. The molecular formula is C17H20N2S. The number of nitrogens with zero attached hydrogens (tertiary/aromatic N) is 2. The van der Waals surface area contributed by atoms with Gasteiger partial charge in [-0.15, -0.1) is 0 Å². The van der Waals surface area contributed by atoms with Gasteiger partial charge < -0.3 is 4.90 Å². The Hall–Kier alpha value is -1.74. The maximum Gasteiger partial charge on any atom is 0.168 e. The molecule has 0 atom stereocenters. The Labute approximate surface area is 125 Å². The minimum Gasteiger partial charge on any atom is -0.357 e. The molecule has 0 fully saturated rings. The second-order valence-electron chi connectivity index (χ2n) is 5.00. The molecule has 2 rings (SSSR count). The van der Waals surface area contributed by atoms with Gasteiger partial charge in [0.1, 0.15) is 0 Å². The summed E-state index contributed by atoms with van der Waals surface area (Å²) in [5.74, 6) is 0. The van der Waals surface area contributed by atoms with E-state index < -0.39 is 0 Å². The molecule has 0 aliphatic rings. The predicted molar refractivity (Wildman–Crippen MR) is 89.0 cm³/mol. The molecule has 0 unspecified atom stereocenters. The molecule has 3 heteroatoms. The van der Waals surface area contributed by atoms with E-state index in [2.05, 4.69) is 36.9 Å². The van der Waals surface area contributed by atoms with Crippen LogP contribution in [0, 0.1) is 13.8 Å². The Morgan fingerprint density at radius 2 is 1.70 bits per heavy atom. The van der Waals surface area contributed by atoms with E-state index >= 15 is 0 Å². The summed E-state index contributed by atoms with van der Waals surface area (Å²) in [5.41, 5.74) is 3.54. The van der Waals surface area contributed by atoms with E-state index in [0.717, 1.165) is 10.9 Å². The van der Waals surface area contributed by atoms with Crippen molar-refractivity contribution in [2.24, 2.45) is 4.99 Å². The first-order valence-electron chi connectivity index (χ1n) is 6.62. The zero-order chi connectivity index (χ0) is 14.5. The fraction of sp³-hybridized carbons (Fsp3) is 0.235. The fourth-order valence-electron chi connectivity index (χ4n) is 1.74. The molecule has 0 radical (unpaired) electrons. The second-order valence-corrected chi connectivity index (χ2v) is 6.00. The van der Waals surface area contributed by atoms with Crippen molar-refractivity contribution >= 4 is 22.6 Å². The number of para-hydroxylation sites is 1. The Kier molecular flexibility index (Phi) is 4.85. The molecule has 0 spiro atoms. The maximum absolute atomic E-state index is 4.73. The van der Waals surface area contributed by atoms with Crippen molar-refractivity contribution in [3.8, 4) is 0 Å². The minimum absolute atomic E-state index is 0.981. The van der Waals surface area contributed by atoms with Crippen LogP contribution in [0.1, 0.15) is 11.1 Å². The van der Waals surface area contributed by atoms with Gasteiger partial charge in [-0.1, -0.05) is 42.1 Å². The van der Waals surface area contributed by atoms with E-state index in [4.69, 9.17) is 4.99 Å². The van der Waals surface area contributed by atoms with Gasteiger partial charge in [0.15, 0.2) is 5.17 Å². The van der Waals surface area contributed by atoms with Gasteiger partial charge in [0.25, 0.3) is 0 Å². The topological polar surface area (TPSA) is 15.6 Å². The highest BCUT2D eigenvalue weighted by Gasteiger charge is 2.08. The van der Waals surface area contributed by atoms with Gasteiger partial charge >= 0.3 is 0 Å². The van der Waals surface area contributed by atoms with Gasteiger partial charge in [-0.05, 0) is 43.2 Å². The molecule has 20 heavy (non-hydrogen) atoms. The molecular weight excluding hydrogens is 264 g/mol. The van der Waals surface area contributed by atoms with Crippen molar-refractivity contribution in [2.45, 2.75) is 18.7 Å². The second kappa shape index (κ2) is 6.62. The lowest BCUT2D eigenvalue weighted by atomic mass is 10.2. The number of hydrogen-bond donors (Lipinski definition) is 0. The third-order valence-corrected chi connectivity index (χ3v) is 4.21. The zero-order valence-corrected chi connectivity index (χ0v) is 13.2. The predicted octanol–water partition coefficient (Wildman–Crippen LogP) is 4.64. The standard InChI is InChI=1S/C17H20N2S/c1-13-10-11-14(2)16(12-13)20-17(19(3)4)18-15-8-6-5-7-9-15/h5-12H,1-4H3. The molecule has 0 amide bonds. The van der Waals surface area contributed by atoms with E-state index in [-0.39, 0.29) is 0 Å². The SMILES string of the molecule is Cc1ccc(C)c(SC(=Nc2ccccc2)N(C)C)c1. The molecule has 0 saturated heterocycles. The van der Waals surface area contributed by atoms with Crippen molar-refractivity contribution < 1.29 is 0 Å². The highest BCUT2D eigenvalue weighted by Crippen LogP contribution is 2.27. The lowest BCUT2D eigenvalue weighted by Crippen LogP contribution is -2.18.